The Morgan fingerprint density at radius 3 is 2.66 bits per heavy atom. The Labute approximate surface area is 170 Å². The fourth-order valence-electron chi connectivity index (χ4n) is 3.47. The zero-order valence-electron chi connectivity index (χ0n) is 16.9. The Morgan fingerprint density at radius 1 is 1.21 bits per heavy atom. The SMILES string of the molecule is Cc1ccc(C2=NN(C(=O)CNC(C)c3ccc(C)o3)C(c3ccco3)C2)cc1. The second-order valence-corrected chi connectivity index (χ2v) is 7.44. The quantitative estimate of drug-likeness (QED) is 0.671. The third kappa shape index (κ3) is 4.17. The maximum atomic E-state index is 13.0. The molecule has 1 amide bonds. The minimum absolute atomic E-state index is 0.0714. The molecule has 0 aliphatic carbocycles. The number of amides is 1. The molecule has 0 radical (unpaired) electrons. The minimum Gasteiger partial charge on any atom is -0.467 e. The minimum atomic E-state index is -0.239. The number of hydrazone groups is 1. The molecule has 1 N–H and O–H groups in total. The van der Waals surface area contributed by atoms with Crippen molar-refractivity contribution in [3.63, 3.8) is 0 Å². The molecule has 0 saturated carbocycles. The number of carbonyl (C=O) groups is 1. The zero-order valence-corrected chi connectivity index (χ0v) is 16.9. The second kappa shape index (κ2) is 8.09. The zero-order chi connectivity index (χ0) is 20.4. The van der Waals surface area contributed by atoms with E-state index in [9.17, 15) is 4.79 Å². The average Bonchev–Trinajstić information content (AvgIpc) is 3.46. The van der Waals surface area contributed by atoms with Crippen LogP contribution in [0.5, 0.6) is 0 Å². The Balaban J connectivity index is 1.51. The fraction of sp³-hybridized carbons (Fsp3) is 0.304. The Morgan fingerprint density at radius 2 is 2.00 bits per heavy atom. The highest BCUT2D eigenvalue weighted by atomic mass is 16.3. The van der Waals surface area contributed by atoms with E-state index in [1.54, 1.807) is 11.3 Å². The van der Waals surface area contributed by atoms with Crippen LogP contribution in [0.15, 0.2) is 68.7 Å². The number of rotatable bonds is 6. The number of hydrogen-bond acceptors (Lipinski definition) is 5. The maximum Gasteiger partial charge on any atom is 0.257 e. The molecule has 3 aromatic rings. The van der Waals surface area contributed by atoms with E-state index in [1.807, 2.05) is 50.2 Å². The van der Waals surface area contributed by atoms with Crippen molar-refractivity contribution in [2.45, 2.75) is 39.3 Å². The summed E-state index contributed by atoms with van der Waals surface area (Å²) in [6.07, 6.45) is 2.25. The van der Waals surface area contributed by atoms with Crippen molar-refractivity contribution >= 4 is 11.6 Å². The van der Waals surface area contributed by atoms with Crippen molar-refractivity contribution in [3.05, 3.63) is 83.2 Å². The lowest BCUT2D eigenvalue weighted by atomic mass is 10.0. The molecule has 150 valence electrons. The molecule has 1 aliphatic heterocycles. The summed E-state index contributed by atoms with van der Waals surface area (Å²) < 4.78 is 11.2. The van der Waals surface area contributed by atoms with Crippen LogP contribution < -0.4 is 5.32 Å². The standard InChI is InChI=1S/C23H25N3O3/c1-15-6-9-18(10-7-15)19-13-20(22-5-4-12-28-22)26(25-19)23(27)14-24-17(3)21-11-8-16(2)29-21/h4-12,17,20,24H,13-14H2,1-3H3. The van der Waals surface area contributed by atoms with E-state index >= 15 is 0 Å². The van der Waals surface area contributed by atoms with Crippen LogP contribution in [0, 0.1) is 13.8 Å². The lowest BCUT2D eigenvalue weighted by molar-refractivity contribution is -0.132. The third-order valence-electron chi connectivity index (χ3n) is 5.17. The summed E-state index contributed by atoms with van der Waals surface area (Å²) in [7, 11) is 0. The molecule has 4 rings (SSSR count). The summed E-state index contributed by atoms with van der Waals surface area (Å²) in [5.41, 5.74) is 3.10. The highest BCUT2D eigenvalue weighted by molar-refractivity contribution is 6.03. The van der Waals surface area contributed by atoms with Crippen molar-refractivity contribution in [1.82, 2.24) is 10.3 Å². The van der Waals surface area contributed by atoms with Crippen molar-refractivity contribution in [3.8, 4) is 0 Å². The van der Waals surface area contributed by atoms with Crippen LogP contribution in [-0.2, 0) is 4.79 Å². The molecule has 2 aromatic heterocycles. The maximum absolute atomic E-state index is 13.0. The van der Waals surface area contributed by atoms with E-state index in [4.69, 9.17) is 8.83 Å². The van der Waals surface area contributed by atoms with Gasteiger partial charge in [-0.1, -0.05) is 29.8 Å². The third-order valence-corrected chi connectivity index (χ3v) is 5.17. The van der Waals surface area contributed by atoms with Gasteiger partial charge in [-0.3, -0.25) is 10.1 Å². The van der Waals surface area contributed by atoms with Crippen LogP contribution in [0.1, 0.15) is 53.8 Å². The summed E-state index contributed by atoms with van der Waals surface area (Å²) in [6.45, 7) is 6.08. The first-order valence-electron chi connectivity index (χ1n) is 9.81. The molecule has 0 spiro atoms. The van der Waals surface area contributed by atoms with Crippen LogP contribution in [0.2, 0.25) is 0 Å². The van der Waals surface area contributed by atoms with E-state index < -0.39 is 0 Å². The van der Waals surface area contributed by atoms with Crippen LogP contribution in [0.4, 0.5) is 0 Å². The molecule has 6 nitrogen and oxygen atoms in total. The average molecular weight is 391 g/mol. The largest absolute Gasteiger partial charge is 0.467 e. The number of nitrogens with zero attached hydrogens (tertiary/aromatic N) is 2. The lowest BCUT2D eigenvalue weighted by Crippen LogP contribution is -2.36. The predicted octanol–water partition coefficient (Wildman–Crippen LogP) is 4.52. The van der Waals surface area contributed by atoms with Gasteiger partial charge in [0, 0.05) is 6.42 Å². The molecule has 1 aliphatic rings. The molecule has 3 heterocycles. The summed E-state index contributed by atoms with van der Waals surface area (Å²) in [5.74, 6) is 2.29. The molecule has 2 atom stereocenters. The van der Waals surface area contributed by atoms with Gasteiger partial charge in [-0.25, -0.2) is 5.01 Å². The van der Waals surface area contributed by atoms with Crippen LogP contribution in [0.3, 0.4) is 0 Å². The normalized spacial score (nSPS) is 17.4. The number of benzene rings is 1. The number of carbonyl (C=O) groups excluding carboxylic acids is 1. The van der Waals surface area contributed by atoms with Crippen molar-refractivity contribution in [2.75, 3.05) is 6.54 Å². The molecule has 0 saturated heterocycles. The van der Waals surface area contributed by atoms with Gasteiger partial charge in [0.25, 0.3) is 5.91 Å². The summed E-state index contributed by atoms with van der Waals surface area (Å²) in [4.78, 5) is 13.0. The molecule has 0 bridgehead atoms. The number of furan rings is 2. The van der Waals surface area contributed by atoms with E-state index in [1.165, 1.54) is 5.56 Å². The van der Waals surface area contributed by atoms with Gasteiger partial charge in [0.2, 0.25) is 0 Å². The molecular weight excluding hydrogens is 366 g/mol. The monoisotopic (exact) mass is 391 g/mol. The lowest BCUT2D eigenvalue weighted by Gasteiger charge is -2.21. The van der Waals surface area contributed by atoms with Gasteiger partial charge in [-0.05, 0) is 50.6 Å². The second-order valence-electron chi connectivity index (χ2n) is 7.44. The van der Waals surface area contributed by atoms with Gasteiger partial charge in [-0.15, -0.1) is 0 Å². The van der Waals surface area contributed by atoms with Gasteiger partial charge in [0.1, 0.15) is 23.3 Å². The van der Waals surface area contributed by atoms with Crippen molar-refractivity contribution in [2.24, 2.45) is 5.10 Å². The summed E-state index contributed by atoms with van der Waals surface area (Å²) in [5, 5.41) is 9.43. The molecule has 0 fully saturated rings. The molecule has 2 unspecified atom stereocenters. The fourth-order valence-corrected chi connectivity index (χ4v) is 3.47. The van der Waals surface area contributed by atoms with Crippen molar-refractivity contribution < 1.29 is 13.6 Å². The first-order valence-corrected chi connectivity index (χ1v) is 9.81. The van der Waals surface area contributed by atoms with Gasteiger partial charge >= 0.3 is 0 Å². The van der Waals surface area contributed by atoms with E-state index in [-0.39, 0.29) is 24.5 Å². The van der Waals surface area contributed by atoms with Gasteiger partial charge < -0.3 is 8.83 Å². The van der Waals surface area contributed by atoms with Crippen LogP contribution in [0.25, 0.3) is 0 Å². The summed E-state index contributed by atoms with van der Waals surface area (Å²) in [6, 6.07) is 15.4. The Kier molecular flexibility index (Phi) is 5.36. The van der Waals surface area contributed by atoms with Gasteiger partial charge in [0.05, 0.1) is 24.6 Å². The van der Waals surface area contributed by atoms with Crippen LogP contribution in [-0.4, -0.2) is 23.2 Å². The molecular formula is C23H25N3O3. The predicted molar refractivity (Wildman–Crippen MR) is 110 cm³/mol. The molecule has 1 aromatic carbocycles. The first kappa shape index (κ1) is 19.2. The van der Waals surface area contributed by atoms with Gasteiger partial charge in [-0.2, -0.15) is 5.10 Å². The number of aryl methyl sites for hydroxylation is 2. The topological polar surface area (TPSA) is 71.0 Å². The molecule has 29 heavy (non-hydrogen) atoms. The van der Waals surface area contributed by atoms with E-state index in [0.717, 1.165) is 28.6 Å². The Bertz CT molecular complexity index is 1000. The Hall–Kier alpha value is -3.12. The highest BCUT2D eigenvalue weighted by Crippen LogP contribution is 2.33. The van der Waals surface area contributed by atoms with Crippen LogP contribution >= 0.6 is 0 Å². The van der Waals surface area contributed by atoms with E-state index in [2.05, 4.69) is 29.5 Å². The highest BCUT2D eigenvalue weighted by Gasteiger charge is 2.34. The van der Waals surface area contributed by atoms with Crippen molar-refractivity contribution in [1.29, 1.82) is 0 Å². The van der Waals surface area contributed by atoms with E-state index in [0.29, 0.717) is 6.42 Å². The van der Waals surface area contributed by atoms with Gasteiger partial charge in [0.15, 0.2) is 0 Å². The molecule has 6 heteroatoms. The first-order chi connectivity index (χ1) is 14.0. The summed E-state index contributed by atoms with van der Waals surface area (Å²) >= 11 is 0. The smallest absolute Gasteiger partial charge is 0.257 e. The number of nitrogens with one attached hydrogen (secondary N) is 1. The number of hydrogen-bond donors (Lipinski definition) is 1.